The van der Waals surface area contributed by atoms with Gasteiger partial charge in [0.15, 0.2) is 0 Å². The zero-order valence-corrected chi connectivity index (χ0v) is 33.2. The van der Waals surface area contributed by atoms with Gasteiger partial charge < -0.3 is 26.8 Å². The Morgan fingerprint density at radius 2 is 1.52 bits per heavy atom. The van der Waals surface area contributed by atoms with Crippen molar-refractivity contribution in [2.75, 3.05) is 32.7 Å². The summed E-state index contributed by atoms with van der Waals surface area (Å²) in [5, 5.41) is 22.8. The molecule has 0 amide bonds. The van der Waals surface area contributed by atoms with Gasteiger partial charge in [-0.05, 0) is 194 Å². The number of aliphatic hydroxyl groups is 1. The molecule has 5 fully saturated rings. The highest BCUT2D eigenvalue weighted by atomic mass is 32.3. The Kier molecular flexibility index (Phi) is 14.6. The van der Waals surface area contributed by atoms with E-state index in [1.54, 1.807) is 0 Å². The zero-order valence-electron chi connectivity index (χ0n) is 32.4. The van der Waals surface area contributed by atoms with Gasteiger partial charge >= 0.3 is 10.4 Å². The summed E-state index contributed by atoms with van der Waals surface area (Å²) in [5.74, 6) is 4.10. The first-order valence-electron chi connectivity index (χ1n) is 21.0. The van der Waals surface area contributed by atoms with Crippen LogP contribution in [-0.4, -0.2) is 75.1 Å². The SMILES string of the molecule is CC(C)C(CC[C@@H](C)[C@H]1CC[C@H]2[C@H]3[C@H](O)C[C@H]4CC(CC5NC5CCCNCCCCNCCCN)CC[C@]4(C)[C@H]3CCC12C)OS(=O)(=O)O. The largest absolute Gasteiger partial charge is 0.397 e. The van der Waals surface area contributed by atoms with Crippen LogP contribution in [0.25, 0.3) is 0 Å². The predicted molar refractivity (Wildman–Crippen MR) is 203 cm³/mol. The van der Waals surface area contributed by atoms with Gasteiger partial charge in [0.25, 0.3) is 0 Å². The maximum Gasteiger partial charge on any atom is 0.397 e. The van der Waals surface area contributed by atoms with Crippen LogP contribution in [-0.2, 0) is 14.6 Å². The second kappa shape index (κ2) is 17.9. The van der Waals surface area contributed by atoms with Crippen molar-refractivity contribution in [1.29, 1.82) is 0 Å². The molecule has 10 heteroatoms. The molecule has 1 aliphatic heterocycles. The summed E-state index contributed by atoms with van der Waals surface area (Å²) in [6, 6.07) is 1.41. The lowest BCUT2D eigenvalue weighted by Gasteiger charge is -2.62. The number of unbranched alkanes of at least 4 members (excludes halogenated alkanes) is 1. The van der Waals surface area contributed by atoms with Crippen molar-refractivity contribution < 1.29 is 22.3 Å². The Labute approximate surface area is 306 Å². The number of fused-ring (bicyclic) bond motifs is 5. The fourth-order valence-corrected chi connectivity index (χ4v) is 12.9. The maximum atomic E-state index is 11.9. The number of hydrogen-bond acceptors (Lipinski definition) is 8. The molecule has 0 radical (unpaired) electrons. The van der Waals surface area contributed by atoms with Crippen molar-refractivity contribution in [3.8, 4) is 0 Å². The molecule has 5 unspecified atom stereocenters. The van der Waals surface area contributed by atoms with Crippen LogP contribution in [0.3, 0.4) is 0 Å². The molecule has 7 N–H and O–H groups in total. The molecule has 9 nitrogen and oxygen atoms in total. The van der Waals surface area contributed by atoms with Crippen LogP contribution in [0.15, 0.2) is 0 Å². The standard InChI is InChI=1S/C40H76N4O5S/c1-27(2)37(49-50(46,47)48)14-11-28(3)31-12-13-32-38-33(16-18-40(31,32)5)39(4)17-15-29(24-30(39)26-36(38)45)25-35-34(44-35)10-8-22-42-20-6-7-21-43-23-9-19-41/h27-38,42-45H,6-26,41H2,1-5H3,(H,46,47,48)/t28-,29?,30-,31-,32+,33+,34?,35?,36-,37?,38-,39+,40?/m1/s1. The quantitative estimate of drug-likeness (QED) is 0.0454. The van der Waals surface area contributed by atoms with E-state index in [9.17, 15) is 18.1 Å². The van der Waals surface area contributed by atoms with Crippen molar-refractivity contribution in [3.05, 3.63) is 0 Å². The fraction of sp³-hybridized carbons (Fsp3) is 1.00. The van der Waals surface area contributed by atoms with Crippen molar-refractivity contribution in [2.24, 2.45) is 63.9 Å². The fourth-order valence-electron chi connectivity index (χ4n) is 12.3. The maximum absolute atomic E-state index is 11.9. The van der Waals surface area contributed by atoms with Crippen LogP contribution in [0.1, 0.15) is 137 Å². The van der Waals surface area contributed by atoms with Gasteiger partial charge in [0.05, 0.1) is 12.2 Å². The Morgan fingerprint density at radius 3 is 2.20 bits per heavy atom. The van der Waals surface area contributed by atoms with Crippen molar-refractivity contribution in [1.82, 2.24) is 16.0 Å². The zero-order chi connectivity index (χ0) is 36.1. The van der Waals surface area contributed by atoms with Gasteiger partial charge in [-0.25, -0.2) is 4.18 Å². The number of rotatable bonds is 21. The molecular formula is C40H76N4O5S. The minimum atomic E-state index is -4.46. The third-order valence-electron chi connectivity index (χ3n) is 15.2. The van der Waals surface area contributed by atoms with Crippen molar-refractivity contribution in [2.45, 2.75) is 162 Å². The molecule has 13 atom stereocenters. The summed E-state index contributed by atoms with van der Waals surface area (Å²) in [6.45, 7) is 16.5. The van der Waals surface area contributed by atoms with Gasteiger partial charge in [0, 0.05) is 12.1 Å². The lowest BCUT2D eigenvalue weighted by atomic mass is 9.43. The molecule has 292 valence electrons. The normalized spacial score (nSPS) is 39.5. The molecule has 0 bridgehead atoms. The van der Waals surface area contributed by atoms with E-state index in [0.29, 0.717) is 59.4 Å². The summed E-state index contributed by atoms with van der Waals surface area (Å²) in [6.07, 6.45) is 18.1. The summed E-state index contributed by atoms with van der Waals surface area (Å²) in [5.41, 5.74) is 6.12. The lowest BCUT2D eigenvalue weighted by molar-refractivity contribution is -0.169. The molecule has 4 saturated carbocycles. The van der Waals surface area contributed by atoms with Crippen LogP contribution < -0.4 is 21.7 Å². The molecule has 0 aromatic carbocycles. The lowest BCUT2D eigenvalue weighted by Crippen LogP contribution is -2.58. The second-order valence-corrected chi connectivity index (χ2v) is 19.7. The van der Waals surface area contributed by atoms with Gasteiger partial charge in [-0.1, -0.05) is 34.6 Å². The average Bonchev–Trinajstić information content (AvgIpc) is 3.69. The number of aliphatic hydroxyl groups excluding tert-OH is 1. The summed E-state index contributed by atoms with van der Waals surface area (Å²) < 4.78 is 37.3. The molecule has 0 aromatic heterocycles. The van der Waals surface area contributed by atoms with E-state index in [2.05, 4.69) is 36.7 Å². The van der Waals surface area contributed by atoms with Gasteiger partial charge in [-0.15, -0.1) is 0 Å². The molecule has 50 heavy (non-hydrogen) atoms. The third-order valence-corrected chi connectivity index (χ3v) is 15.7. The van der Waals surface area contributed by atoms with Crippen molar-refractivity contribution >= 4 is 10.4 Å². The molecule has 1 saturated heterocycles. The molecule has 4 aliphatic carbocycles. The van der Waals surface area contributed by atoms with E-state index < -0.39 is 16.5 Å². The molecular weight excluding hydrogens is 649 g/mol. The summed E-state index contributed by atoms with van der Waals surface area (Å²) in [7, 11) is -4.46. The van der Waals surface area contributed by atoms with Crippen LogP contribution in [0.2, 0.25) is 0 Å². The Morgan fingerprint density at radius 1 is 0.860 bits per heavy atom. The predicted octanol–water partition coefficient (Wildman–Crippen LogP) is 6.31. The Hall–Kier alpha value is -0.330. The Balaban J connectivity index is 1.05. The molecule has 0 aromatic rings. The highest BCUT2D eigenvalue weighted by molar-refractivity contribution is 7.80. The number of hydrogen-bond donors (Lipinski definition) is 6. The topological polar surface area (TPSA) is 156 Å². The summed E-state index contributed by atoms with van der Waals surface area (Å²) in [4.78, 5) is 0. The molecule has 5 aliphatic rings. The minimum absolute atomic E-state index is 0.0161. The van der Waals surface area contributed by atoms with Crippen LogP contribution in [0.4, 0.5) is 0 Å². The highest BCUT2D eigenvalue weighted by Gasteiger charge is 2.63. The monoisotopic (exact) mass is 725 g/mol. The smallest absolute Gasteiger partial charge is 0.393 e. The number of nitrogens with one attached hydrogen (secondary N) is 3. The van der Waals surface area contributed by atoms with E-state index in [0.717, 1.165) is 57.9 Å². The first-order chi connectivity index (χ1) is 23.8. The minimum Gasteiger partial charge on any atom is -0.393 e. The second-order valence-electron chi connectivity index (χ2n) is 18.6. The highest BCUT2D eigenvalue weighted by Crippen LogP contribution is 2.69. The molecule has 0 spiro atoms. The molecule has 5 rings (SSSR count). The third kappa shape index (κ3) is 10.0. The summed E-state index contributed by atoms with van der Waals surface area (Å²) >= 11 is 0. The van der Waals surface area contributed by atoms with E-state index >= 15 is 0 Å². The average molecular weight is 725 g/mol. The first kappa shape index (κ1) is 40.8. The van der Waals surface area contributed by atoms with E-state index in [1.807, 2.05) is 13.8 Å². The molecule has 1 heterocycles. The first-order valence-corrected chi connectivity index (χ1v) is 22.3. The van der Waals surface area contributed by atoms with Gasteiger partial charge in [-0.3, -0.25) is 4.55 Å². The van der Waals surface area contributed by atoms with E-state index in [-0.39, 0.29) is 17.4 Å². The van der Waals surface area contributed by atoms with Crippen molar-refractivity contribution in [3.63, 3.8) is 0 Å². The van der Waals surface area contributed by atoms with E-state index in [1.165, 1.54) is 77.0 Å². The van der Waals surface area contributed by atoms with Gasteiger partial charge in [-0.2, -0.15) is 8.42 Å². The number of nitrogens with two attached hydrogens (primary N) is 1. The van der Waals surface area contributed by atoms with Gasteiger partial charge in [0.2, 0.25) is 0 Å². The van der Waals surface area contributed by atoms with Crippen LogP contribution in [0.5, 0.6) is 0 Å². The van der Waals surface area contributed by atoms with Crippen LogP contribution in [0, 0.1) is 58.2 Å². The Bertz CT molecular complexity index is 1160. The van der Waals surface area contributed by atoms with E-state index in [4.69, 9.17) is 9.92 Å². The van der Waals surface area contributed by atoms with Crippen LogP contribution >= 0.6 is 0 Å². The van der Waals surface area contributed by atoms with Gasteiger partial charge in [0.1, 0.15) is 0 Å².